The second-order valence-electron chi connectivity index (χ2n) is 4.73. The molecular formula is C15H16N4O3S. The summed E-state index contributed by atoms with van der Waals surface area (Å²) in [5.41, 5.74) is 0.759. The van der Waals surface area contributed by atoms with Crippen LogP contribution in [0.25, 0.3) is 10.6 Å². The maximum atomic E-state index is 12.0. The van der Waals surface area contributed by atoms with E-state index in [1.54, 1.807) is 40.5 Å². The number of nitrogens with zero attached hydrogens (tertiary/aromatic N) is 2. The van der Waals surface area contributed by atoms with Crippen LogP contribution in [0, 0.1) is 0 Å². The number of thiophene rings is 1. The molecule has 7 nitrogen and oxygen atoms in total. The first kappa shape index (κ1) is 15.3. The fraction of sp³-hybridized carbons (Fsp3) is 0.200. The molecule has 0 fully saturated rings. The van der Waals surface area contributed by atoms with E-state index in [4.69, 9.17) is 9.52 Å². The molecule has 3 aromatic rings. The van der Waals surface area contributed by atoms with Gasteiger partial charge in [-0.3, -0.25) is 5.32 Å². The first-order valence-electron chi connectivity index (χ1n) is 7.06. The Labute approximate surface area is 136 Å². The Bertz CT molecular complexity index is 750. The Kier molecular flexibility index (Phi) is 4.74. The molecule has 0 aliphatic rings. The Morgan fingerprint density at radius 1 is 1.39 bits per heavy atom. The number of furan rings is 1. The number of amides is 2. The van der Waals surface area contributed by atoms with Crippen LogP contribution in [0.1, 0.15) is 5.76 Å². The summed E-state index contributed by atoms with van der Waals surface area (Å²) in [5, 5.41) is 21.0. The van der Waals surface area contributed by atoms with Gasteiger partial charge in [0.05, 0.1) is 30.8 Å². The maximum absolute atomic E-state index is 12.0. The lowest BCUT2D eigenvalue weighted by Gasteiger charge is -2.08. The zero-order valence-corrected chi connectivity index (χ0v) is 13.0. The number of aliphatic hydroxyl groups excluding tert-OH is 1. The average Bonchev–Trinajstić information content (AvgIpc) is 3.28. The molecule has 0 aliphatic carbocycles. The Morgan fingerprint density at radius 3 is 3.00 bits per heavy atom. The first-order chi connectivity index (χ1) is 11.3. The van der Waals surface area contributed by atoms with Crippen molar-refractivity contribution in [2.24, 2.45) is 0 Å². The molecule has 0 saturated heterocycles. The summed E-state index contributed by atoms with van der Waals surface area (Å²) in [5.74, 6) is 1.20. The summed E-state index contributed by atoms with van der Waals surface area (Å²) in [6.07, 6.45) is 1.55. The monoisotopic (exact) mass is 332 g/mol. The van der Waals surface area contributed by atoms with Crippen LogP contribution in [0.2, 0.25) is 0 Å². The third-order valence-electron chi connectivity index (χ3n) is 3.11. The van der Waals surface area contributed by atoms with E-state index in [1.807, 2.05) is 17.5 Å². The molecule has 3 N–H and O–H groups in total. The maximum Gasteiger partial charge on any atom is 0.320 e. The van der Waals surface area contributed by atoms with Crippen LogP contribution >= 0.6 is 11.3 Å². The number of carbonyl (C=O) groups excluding carboxylic acids is 1. The molecule has 3 aromatic heterocycles. The van der Waals surface area contributed by atoms with Crippen molar-refractivity contribution in [1.82, 2.24) is 15.1 Å². The number of rotatable bonds is 6. The molecule has 0 aliphatic heterocycles. The predicted octanol–water partition coefficient (Wildman–Crippen LogP) is 2.52. The lowest BCUT2D eigenvalue weighted by Crippen LogP contribution is -2.29. The van der Waals surface area contributed by atoms with E-state index in [9.17, 15) is 4.79 Å². The molecule has 8 heteroatoms. The molecular weight excluding hydrogens is 316 g/mol. The molecule has 0 spiro atoms. The minimum Gasteiger partial charge on any atom is -0.467 e. The second-order valence-corrected chi connectivity index (χ2v) is 5.67. The van der Waals surface area contributed by atoms with E-state index in [2.05, 4.69) is 15.7 Å². The minimum atomic E-state index is -0.363. The molecule has 0 radical (unpaired) electrons. The molecule has 0 atom stereocenters. The molecule has 3 heterocycles. The van der Waals surface area contributed by atoms with Crippen LogP contribution in [0.15, 0.2) is 46.4 Å². The van der Waals surface area contributed by atoms with Crippen molar-refractivity contribution < 1.29 is 14.3 Å². The van der Waals surface area contributed by atoms with Gasteiger partial charge in [-0.15, -0.1) is 11.3 Å². The summed E-state index contributed by atoms with van der Waals surface area (Å²) < 4.78 is 6.73. The smallest absolute Gasteiger partial charge is 0.320 e. The van der Waals surface area contributed by atoms with Gasteiger partial charge in [0.25, 0.3) is 0 Å². The summed E-state index contributed by atoms with van der Waals surface area (Å²) in [4.78, 5) is 13.0. The summed E-state index contributed by atoms with van der Waals surface area (Å²) in [6.45, 7) is 0.540. The Hall–Kier alpha value is -2.58. The van der Waals surface area contributed by atoms with Gasteiger partial charge in [-0.25, -0.2) is 9.48 Å². The van der Waals surface area contributed by atoms with Crippen molar-refractivity contribution in [3.8, 4) is 10.6 Å². The van der Waals surface area contributed by atoms with Crippen molar-refractivity contribution in [1.29, 1.82) is 0 Å². The van der Waals surface area contributed by atoms with Gasteiger partial charge < -0.3 is 14.8 Å². The highest BCUT2D eigenvalue weighted by Gasteiger charge is 2.12. The van der Waals surface area contributed by atoms with Gasteiger partial charge in [-0.1, -0.05) is 6.07 Å². The highest BCUT2D eigenvalue weighted by Crippen LogP contribution is 2.26. The summed E-state index contributed by atoms with van der Waals surface area (Å²) >= 11 is 1.56. The van der Waals surface area contributed by atoms with Crippen LogP contribution in [-0.4, -0.2) is 27.5 Å². The van der Waals surface area contributed by atoms with E-state index < -0.39 is 0 Å². The lowest BCUT2D eigenvalue weighted by atomic mass is 10.3. The third-order valence-corrected chi connectivity index (χ3v) is 4.00. The van der Waals surface area contributed by atoms with E-state index in [0.717, 1.165) is 10.6 Å². The van der Waals surface area contributed by atoms with E-state index >= 15 is 0 Å². The fourth-order valence-corrected chi connectivity index (χ4v) is 2.75. The van der Waals surface area contributed by atoms with Crippen LogP contribution in [0.5, 0.6) is 0 Å². The zero-order valence-electron chi connectivity index (χ0n) is 12.2. The summed E-state index contributed by atoms with van der Waals surface area (Å²) in [6, 6.07) is 8.86. The van der Waals surface area contributed by atoms with Crippen molar-refractivity contribution in [3.63, 3.8) is 0 Å². The number of urea groups is 1. The van der Waals surface area contributed by atoms with Crippen LogP contribution in [0.3, 0.4) is 0 Å². The number of hydrogen-bond acceptors (Lipinski definition) is 5. The van der Waals surface area contributed by atoms with Gasteiger partial charge in [-0.05, 0) is 23.6 Å². The highest BCUT2D eigenvalue weighted by atomic mass is 32.1. The van der Waals surface area contributed by atoms with Crippen molar-refractivity contribution >= 4 is 23.2 Å². The van der Waals surface area contributed by atoms with Crippen LogP contribution in [-0.2, 0) is 13.1 Å². The van der Waals surface area contributed by atoms with Gasteiger partial charge in [0.15, 0.2) is 0 Å². The highest BCUT2D eigenvalue weighted by molar-refractivity contribution is 7.13. The lowest BCUT2D eigenvalue weighted by molar-refractivity contribution is 0.250. The van der Waals surface area contributed by atoms with Gasteiger partial charge >= 0.3 is 6.03 Å². The minimum absolute atomic E-state index is 0.0613. The quantitative estimate of drug-likeness (QED) is 0.647. The molecule has 0 unspecified atom stereocenters. The number of aromatic nitrogens is 2. The predicted molar refractivity (Wildman–Crippen MR) is 87.2 cm³/mol. The third kappa shape index (κ3) is 3.79. The molecule has 120 valence electrons. The fourth-order valence-electron chi connectivity index (χ4n) is 2.07. The number of aliphatic hydroxyl groups is 1. The number of carbonyl (C=O) groups is 1. The molecule has 3 rings (SSSR count). The SMILES string of the molecule is O=C(NCc1ccco1)Nc1cc(-c2cccs2)nn1CCO. The Balaban J connectivity index is 1.69. The largest absolute Gasteiger partial charge is 0.467 e. The van der Waals surface area contributed by atoms with Crippen molar-refractivity contribution in [2.45, 2.75) is 13.1 Å². The van der Waals surface area contributed by atoms with Crippen LogP contribution in [0.4, 0.5) is 10.6 Å². The molecule has 0 aromatic carbocycles. The molecule has 0 saturated carbocycles. The number of anilines is 1. The normalized spacial score (nSPS) is 10.7. The van der Waals surface area contributed by atoms with Gasteiger partial charge in [0.1, 0.15) is 17.3 Å². The zero-order chi connectivity index (χ0) is 16.1. The van der Waals surface area contributed by atoms with Crippen molar-refractivity contribution in [3.05, 3.63) is 47.7 Å². The molecule has 2 amide bonds. The van der Waals surface area contributed by atoms with E-state index in [1.165, 1.54) is 0 Å². The Morgan fingerprint density at radius 2 is 2.30 bits per heavy atom. The number of hydrogen-bond donors (Lipinski definition) is 3. The van der Waals surface area contributed by atoms with Gasteiger partial charge in [-0.2, -0.15) is 5.10 Å². The topological polar surface area (TPSA) is 92.3 Å². The van der Waals surface area contributed by atoms with Crippen LogP contribution < -0.4 is 10.6 Å². The average molecular weight is 332 g/mol. The van der Waals surface area contributed by atoms with E-state index in [0.29, 0.717) is 24.7 Å². The summed E-state index contributed by atoms with van der Waals surface area (Å²) in [7, 11) is 0. The van der Waals surface area contributed by atoms with E-state index in [-0.39, 0.29) is 12.6 Å². The van der Waals surface area contributed by atoms with Gasteiger partial charge in [0, 0.05) is 6.07 Å². The molecule has 23 heavy (non-hydrogen) atoms. The second kappa shape index (κ2) is 7.12. The van der Waals surface area contributed by atoms with Crippen molar-refractivity contribution in [2.75, 3.05) is 11.9 Å². The standard InChI is InChI=1S/C15H16N4O3S/c20-6-5-19-14(9-12(18-19)13-4-2-8-23-13)17-15(21)16-10-11-3-1-7-22-11/h1-4,7-9,20H,5-6,10H2,(H2,16,17,21). The first-order valence-corrected chi connectivity index (χ1v) is 7.94. The molecule has 0 bridgehead atoms. The van der Waals surface area contributed by atoms with Gasteiger partial charge in [0.2, 0.25) is 0 Å². The number of nitrogens with one attached hydrogen (secondary N) is 2.